The predicted molar refractivity (Wildman–Crippen MR) is 78.9 cm³/mol. The van der Waals surface area contributed by atoms with Gasteiger partial charge in [-0.1, -0.05) is 33.6 Å². The van der Waals surface area contributed by atoms with Crippen LogP contribution in [0.1, 0.15) is 20.3 Å². The average Bonchev–Trinajstić information content (AvgIpc) is 2.28. The lowest BCUT2D eigenvalue weighted by atomic mass is 10.4. The number of halogens is 2. The molecule has 3 nitrogen and oxygen atoms in total. The van der Waals surface area contributed by atoms with E-state index >= 15 is 0 Å². The van der Waals surface area contributed by atoms with Crippen LogP contribution in [0.3, 0.4) is 0 Å². The molecule has 0 amide bonds. The van der Waals surface area contributed by atoms with Crippen molar-refractivity contribution in [2.45, 2.75) is 31.2 Å². The summed E-state index contributed by atoms with van der Waals surface area (Å²) < 4.78 is 26.5. The molecule has 102 valence electrons. The van der Waals surface area contributed by atoms with Crippen LogP contribution in [0.4, 0.5) is 0 Å². The van der Waals surface area contributed by atoms with E-state index in [4.69, 9.17) is 11.6 Å². The Bertz CT molecular complexity index is 491. The molecule has 0 N–H and O–H groups in total. The highest BCUT2D eigenvalue weighted by Gasteiger charge is 2.26. The number of hydrogen-bond donors (Lipinski definition) is 0. The average molecular weight is 355 g/mol. The fourth-order valence-corrected chi connectivity index (χ4v) is 3.86. The molecule has 0 fully saturated rings. The smallest absolute Gasteiger partial charge is 0.207 e. The van der Waals surface area contributed by atoms with E-state index in [1.54, 1.807) is 18.2 Å². The Balaban J connectivity index is 3.09. The third-order valence-electron chi connectivity index (χ3n) is 2.49. The summed E-state index contributed by atoms with van der Waals surface area (Å²) in [5.74, 6) is 0. The number of sulfonamides is 1. The summed E-state index contributed by atoms with van der Waals surface area (Å²) in [6, 6.07) is 6.30. The second-order valence-corrected chi connectivity index (χ2v) is 7.33. The molecule has 0 atom stereocenters. The lowest BCUT2D eigenvalue weighted by Crippen LogP contribution is -2.37. The molecule has 0 radical (unpaired) electrons. The van der Waals surface area contributed by atoms with Gasteiger partial charge in [0, 0.05) is 22.9 Å². The Morgan fingerprint density at radius 3 is 2.56 bits per heavy atom. The zero-order chi connectivity index (χ0) is 13.8. The van der Waals surface area contributed by atoms with Crippen molar-refractivity contribution < 1.29 is 8.42 Å². The van der Waals surface area contributed by atoms with Crippen LogP contribution < -0.4 is 0 Å². The number of benzene rings is 1. The van der Waals surface area contributed by atoms with Gasteiger partial charge in [-0.15, -0.1) is 0 Å². The molecule has 0 bridgehead atoms. The van der Waals surface area contributed by atoms with E-state index in [9.17, 15) is 8.42 Å². The Hall–Kier alpha value is -0.100. The maximum absolute atomic E-state index is 12.5. The molecule has 0 saturated carbocycles. The minimum atomic E-state index is -3.47. The number of alkyl halides is 1. The van der Waals surface area contributed by atoms with Gasteiger partial charge in [0.1, 0.15) is 0 Å². The van der Waals surface area contributed by atoms with Crippen molar-refractivity contribution in [2.24, 2.45) is 0 Å². The van der Waals surface area contributed by atoms with Crippen molar-refractivity contribution in [3.8, 4) is 0 Å². The van der Waals surface area contributed by atoms with Crippen LogP contribution in [0.25, 0.3) is 0 Å². The number of rotatable bonds is 6. The van der Waals surface area contributed by atoms with Crippen molar-refractivity contribution in [3.63, 3.8) is 0 Å². The monoisotopic (exact) mass is 353 g/mol. The molecule has 6 heteroatoms. The summed E-state index contributed by atoms with van der Waals surface area (Å²) in [4.78, 5) is 0.248. The highest BCUT2D eigenvalue weighted by molar-refractivity contribution is 9.09. The van der Waals surface area contributed by atoms with Crippen molar-refractivity contribution in [1.82, 2.24) is 4.31 Å². The van der Waals surface area contributed by atoms with Crippen molar-refractivity contribution >= 4 is 37.6 Å². The van der Waals surface area contributed by atoms with E-state index in [2.05, 4.69) is 15.9 Å². The first kappa shape index (κ1) is 16.0. The summed E-state index contributed by atoms with van der Waals surface area (Å²) in [6.45, 7) is 4.24. The molecule has 18 heavy (non-hydrogen) atoms. The Labute approximate surface area is 122 Å². The van der Waals surface area contributed by atoms with Gasteiger partial charge in [-0.05, 0) is 38.5 Å². The molecular formula is C12H17BrClNO2S. The molecule has 1 aromatic carbocycles. The Morgan fingerprint density at radius 1 is 1.39 bits per heavy atom. The van der Waals surface area contributed by atoms with Gasteiger partial charge >= 0.3 is 0 Å². The molecule has 0 heterocycles. The number of nitrogens with zero attached hydrogens (tertiary/aromatic N) is 1. The van der Waals surface area contributed by atoms with Crippen molar-refractivity contribution in [1.29, 1.82) is 0 Å². The van der Waals surface area contributed by atoms with E-state index < -0.39 is 10.0 Å². The van der Waals surface area contributed by atoms with Crippen LogP contribution in [-0.2, 0) is 10.0 Å². The van der Waals surface area contributed by atoms with Gasteiger partial charge in [-0.25, -0.2) is 8.42 Å². The van der Waals surface area contributed by atoms with E-state index in [0.717, 1.165) is 11.8 Å². The quantitative estimate of drug-likeness (QED) is 0.733. The molecule has 1 rings (SSSR count). The second-order valence-electron chi connectivity index (χ2n) is 4.21. The molecule has 0 spiro atoms. The van der Waals surface area contributed by atoms with Crippen LogP contribution >= 0.6 is 27.5 Å². The third-order valence-corrected chi connectivity index (χ3v) is 5.36. The van der Waals surface area contributed by atoms with Gasteiger partial charge in [0.25, 0.3) is 0 Å². The molecule has 0 saturated heterocycles. The fourth-order valence-electron chi connectivity index (χ4n) is 1.63. The van der Waals surface area contributed by atoms with Crippen LogP contribution in [0.5, 0.6) is 0 Å². The van der Waals surface area contributed by atoms with Gasteiger partial charge in [0.05, 0.1) is 4.90 Å². The maximum atomic E-state index is 12.5. The second kappa shape index (κ2) is 6.89. The zero-order valence-electron chi connectivity index (χ0n) is 10.4. The Kier molecular flexibility index (Phi) is 6.11. The summed E-state index contributed by atoms with van der Waals surface area (Å²) in [5, 5.41) is 1.21. The summed E-state index contributed by atoms with van der Waals surface area (Å²) in [7, 11) is -3.47. The van der Waals surface area contributed by atoms with Crippen LogP contribution in [0.15, 0.2) is 29.2 Å². The zero-order valence-corrected chi connectivity index (χ0v) is 13.6. The third kappa shape index (κ3) is 3.95. The van der Waals surface area contributed by atoms with E-state index in [1.807, 2.05) is 13.8 Å². The normalized spacial score (nSPS) is 12.3. The lowest BCUT2D eigenvalue weighted by Gasteiger charge is -2.25. The summed E-state index contributed by atoms with van der Waals surface area (Å²) in [6.07, 6.45) is 0.776. The first-order chi connectivity index (χ1) is 8.39. The highest BCUT2D eigenvalue weighted by Crippen LogP contribution is 2.21. The molecular weight excluding hydrogens is 338 g/mol. The molecule has 0 aromatic heterocycles. The van der Waals surface area contributed by atoms with Gasteiger partial charge in [0.15, 0.2) is 0 Å². The topological polar surface area (TPSA) is 37.4 Å². The van der Waals surface area contributed by atoms with Gasteiger partial charge in [-0.3, -0.25) is 0 Å². The Morgan fingerprint density at radius 2 is 2.06 bits per heavy atom. The first-order valence-corrected chi connectivity index (χ1v) is 8.67. The van der Waals surface area contributed by atoms with E-state index in [0.29, 0.717) is 11.6 Å². The molecule has 1 aromatic rings. The SMILES string of the molecule is CC(C)N(CCCBr)S(=O)(=O)c1cccc(Cl)c1. The van der Waals surface area contributed by atoms with Crippen LogP contribution in [0.2, 0.25) is 5.02 Å². The standard InChI is InChI=1S/C12H17BrClNO2S/c1-10(2)15(8-4-7-13)18(16,17)12-6-3-5-11(14)9-12/h3,5-6,9-10H,4,7-8H2,1-2H3. The van der Waals surface area contributed by atoms with Crippen LogP contribution in [-0.4, -0.2) is 30.6 Å². The fraction of sp³-hybridized carbons (Fsp3) is 0.500. The summed E-state index contributed by atoms with van der Waals surface area (Å²) >= 11 is 9.17. The van der Waals surface area contributed by atoms with Gasteiger partial charge < -0.3 is 0 Å². The van der Waals surface area contributed by atoms with Crippen LogP contribution in [0, 0.1) is 0 Å². The first-order valence-electron chi connectivity index (χ1n) is 5.73. The minimum Gasteiger partial charge on any atom is -0.207 e. The minimum absolute atomic E-state index is 0.0759. The largest absolute Gasteiger partial charge is 0.243 e. The highest BCUT2D eigenvalue weighted by atomic mass is 79.9. The van der Waals surface area contributed by atoms with Gasteiger partial charge in [0.2, 0.25) is 10.0 Å². The van der Waals surface area contributed by atoms with E-state index in [-0.39, 0.29) is 10.9 Å². The maximum Gasteiger partial charge on any atom is 0.243 e. The predicted octanol–water partition coefficient (Wildman–Crippen LogP) is 3.52. The van der Waals surface area contributed by atoms with Crippen molar-refractivity contribution in [2.75, 3.05) is 11.9 Å². The van der Waals surface area contributed by atoms with Gasteiger partial charge in [-0.2, -0.15) is 4.31 Å². The molecule has 0 aliphatic rings. The van der Waals surface area contributed by atoms with E-state index in [1.165, 1.54) is 10.4 Å². The molecule has 0 unspecified atom stereocenters. The number of hydrogen-bond acceptors (Lipinski definition) is 2. The van der Waals surface area contributed by atoms with Crippen molar-refractivity contribution in [3.05, 3.63) is 29.3 Å². The lowest BCUT2D eigenvalue weighted by molar-refractivity contribution is 0.355. The summed E-state index contributed by atoms with van der Waals surface area (Å²) in [5.41, 5.74) is 0. The molecule has 0 aliphatic carbocycles. The molecule has 0 aliphatic heterocycles.